The van der Waals surface area contributed by atoms with Crippen LogP contribution in [0.15, 0.2) is 0 Å². The van der Waals surface area contributed by atoms with Crippen LogP contribution in [0.4, 0.5) is 0 Å². The van der Waals surface area contributed by atoms with Gasteiger partial charge in [0.1, 0.15) is 5.78 Å². The maximum atomic E-state index is 12.6. The standard InChI is InChI=1S/C15H24O3/c1-7-5-8(16)12-13-11(7)15(12,4)10(18)6-9(17)14(13,2)3/h7,9-13,17-18H,5-6H2,1-4H3/t7-,9+,10+,11?,12?,13?,15?/m0/s1/i5D,7D/t5-,7-,9+,10+,11?,12?,13?,15?. The molecule has 4 aliphatic rings. The Bertz CT molecular complexity index is 476. The zero-order valence-electron chi connectivity index (χ0n) is 13.5. The van der Waals surface area contributed by atoms with Gasteiger partial charge >= 0.3 is 0 Å². The van der Waals surface area contributed by atoms with Crippen molar-refractivity contribution in [2.24, 2.45) is 34.5 Å². The molecule has 4 bridgehead atoms. The van der Waals surface area contributed by atoms with Crippen molar-refractivity contribution in [1.82, 2.24) is 0 Å². The van der Waals surface area contributed by atoms with Gasteiger partial charge in [-0.15, -0.1) is 0 Å². The Morgan fingerprint density at radius 1 is 1.28 bits per heavy atom. The molecule has 0 spiro atoms. The van der Waals surface area contributed by atoms with E-state index in [1.807, 2.05) is 20.8 Å². The van der Waals surface area contributed by atoms with Crippen LogP contribution in [0.1, 0.15) is 43.3 Å². The first kappa shape index (κ1) is 10.4. The number of carbonyl (C=O) groups excluding carboxylic acids is 1. The number of ketones is 1. The Morgan fingerprint density at radius 2 is 1.89 bits per heavy atom. The summed E-state index contributed by atoms with van der Waals surface area (Å²) in [5.41, 5.74) is -1.17. The third-order valence-electron chi connectivity index (χ3n) is 6.11. The van der Waals surface area contributed by atoms with Crippen molar-refractivity contribution < 1.29 is 17.7 Å². The highest BCUT2D eigenvalue weighted by Gasteiger charge is 2.74. The van der Waals surface area contributed by atoms with E-state index in [0.717, 1.165) is 0 Å². The Kier molecular flexibility index (Phi) is 1.94. The molecule has 0 radical (unpaired) electrons. The molecule has 0 aliphatic heterocycles. The first-order chi connectivity index (χ1) is 8.98. The number of fused-ring (bicyclic) bond motifs is 2. The van der Waals surface area contributed by atoms with Crippen molar-refractivity contribution in [3.05, 3.63) is 0 Å². The van der Waals surface area contributed by atoms with E-state index in [1.165, 1.54) is 0 Å². The van der Waals surface area contributed by atoms with E-state index < -0.39 is 41.2 Å². The van der Waals surface area contributed by atoms with Crippen molar-refractivity contribution in [1.29, 1.82) is 0 Å². The molecular weight excluding hydrogens is 228 g/mol. The zero-order chi connectivity index (χ0) is 15.2. The number of carbonyl (C=O) groups is 1. The Labute approximate surface area is 111 Å². The van der Waals surface area contributed by atoms with Crippen molar-refractivity contribution >= 4 is 5.78 Å². The maximum absolute atomic E-state index is 12.6. The lowest BCUT2D eigenvalue weighted by molar-refractivity contribution is -0.231. The molecule has 4 aliphatic carbocycles. The van der Waals surface area contributed by atoms with Crippen LogP contribution in [0.2, 0.25) is 0 Å². The summed E-state index contributed by atoms with van der Waals surface area (Å²) in [5.74, 6) is -2.15. The van der Waals surface area contributed by atoms with Crippen LogP contribution < -0.4 is 0 Å². The van der Waals surface area contributed by atoms with Crippen LogP contribution in [0, 0.1) is 34.5 Å². The lowest BCUT2D eigenvalue weighted by Crippen LogP contribution is -2.70. The maximum Gasteiger partial charge on any atom is 0.137 e. The fraction of sp³-hybridized carbons (Fsp3) is 0.933. The molecule has 0 saturated heterocycles. The second-order valence-electron chi connectivity index (χ2n) is 7.23. The predicted molar refractivity (Wildman–Crippen MR) is 67.8 cm³/mol. The first-order valence-corrected chi connectivity index (χ1v) is 6.80. The molecule has 18 heavy (non-hydrogen) atoms. The molecule has 0 heterocycles. The third-order valence-corrected chi connectivity index (χ3v) is 6.11. The first-order valence-electron chi connectivity index (χ1n) is 7.88. The minimum Gasteiger partial charge on any atom is -0.392 e. The van der Waals surface area contributed by atoms with E-state index >= 15 is 0 Å². The molecule has 0 aromatic heterocycles. The fourth-order valence-electron chi connectivity index (χ4n) is 4.97. The van der Waals surface area contributed by atoms with Gasteiger partial charge < -0.3 is 10.2 Å². The minimum atomic E-state index is -1.20. The summed E-state index contributed by atoms with van der Waals surface area (Å²) in [6.07, 6.45) is -2.26. The second kappa shape index (κ2) is 3.37. The summed E-state index contributed by atoms with van der Waals surface area (Å²) in [6, 6.07) is 0. The Hall–Kier alpha value is -0.410. The third kappa shape index (κ3) is 1.16. The van der Waals surface area contributed by atoms with E-state index in [0.29, 0.717) is 0 Å². The molecule has 8 atom stereocenters. The van der Waals surface area contributed by atoms with Gasteiger partial charge in [-0.3, -0.25) is 4.79 Å². The van der Waals surface area contributed by atoms with E-state index in [1.54, 1.807) is 6.92 Å². The molecule has 0 aromatic rings. The minimum absolute atomic E-state index is 0.115. The molecule has 3 heteroatoms. The van der Waals surface area contributed by atoms with E-state index in [9.17, 15) is 15.0 Å². The number of hydrogen-bond acceptors (Lipinski definition) is 3. The number of aliphatic hydroxyl groups excluding tert-OH is 2. The molecule has 0 aromatic carbocycles. The van der Waals surface area contributed by atoms with Crippen LogP contribution in [0.3, 0.4) is 0 Å². The van der Waals surface area contributed by atoms with Gasteiger partial charge in [-0.1, -0.05) is 27.7 Å². The average molecular weight is 254 g/mol. The summed E-state index contributed by atoms with van der Waals surface area (Å²) in [5, 5.41) is 20.9. The van der Waals surface area contributed by atoms with Crippen molar-refractivity contribution in [3.63, 3.8) is 0 Å². The van der Waals surface area contributed by atoms with Crippen molar-refractivity contribution in [2.75, 3.05) is 0 Å². The summed E-state index contributed by atoms with van der Waals surface area (Å²) < 4.78 is 16.6. The van der Waals surface area contributed by atoms with Gasteiger partial charge in [-0.25, -0.2) is 0 Å². The molecule has 4 rings (SSSR count). The SMILES string of the molecule is [2H][C@@H]1C(=O)C2C3C(C2(C)[C@H](O)C[C@@H](O)C3(C)C)[C@@]1([2H])C. The fourth-order valence-corrected chi connectivity index (χ4v) is 4.97. The molecule has 4 fully saturated rings. The quantitative estimate of drug-likeness (QED) is 0.690. The van der Waals surface area contributed by atoms with Crippen LogP contribution in [0.5, 0.6) is 0 Å². The number of hydrogen-bond donors (Lipinski definition) is 2. The highest BCUT2D eigenvalue weighted by Crippen LogP contribution is 2.72. The molecule has 2 N–H and O–H groups in total. The summed E-state index contributed by atoms with van der Waals surface area (Å²) in [4.78, 5) is 12.6. The predicted octanol–water partition coefficient (Wildman–Crippen LogP) is 1.62. The van der Waals surface area contributed by atoms with Gasteiger partial charge in [0, 0.05) is 26.9 Å². The van der Waals surface area contributed by atoms with Crippen molar-refractivity contribution in [3.8, 4) is 0 Å². The molecule has 4 saturated carbocycles. The van der Waals surface area contributed by atoms with E-state index in [4.69, 9.17) is 2.74 Å². The zero-order valence-corrected chi connectivity index (χ0v) is 11.5. The molecule has 0 amide bonds. The van der Waals surface area contributed by atoms with Gasteiger partial charge in [-0.2, -0.15) is 0 Å². The Balaban J connectivity index is 2.19. The van der Waals surface area contributed by atoms with E-state index in [-0.39, 0.29) is 24.0 Å². The van der Waals surface area contributed by atoms with Crippen LogP contribution in [-0.2, 0) is 4.79 Å². The highest BCUT2D eigenvalue weighted by atomic mass is 16.3. The molecule has 3 nitrogen and oxygen atoms in total. The summed E-state index contributed by atoms with van der Waals surface area (Å²) in [6.45, 7) is 7.36. The summed E-state index contributed by atoms with van der Waals surface area (Å²) in [7, 11) is 0. The van der Waals surface area contributed by atoms with Gasteiger partial charge in [0.2, 0.25) is 0 Å². The summed E-state index contributed by atoms with van der Waals surface area (Å²) >= 11 is 0. The topological polar surface area (TPSA) is 57.5 Å². The van der Waals surface area contributed by atoms with Gasteiger partial charge in [0.15, 0.2) is 0 Å². The molecule has 4 unspecified atom stereocenters. The van der Waals surface area contributed by atoms with Gasteiger partial charge in [-0.05, 0) is 23.1 Å². The molecular formula is C15H24O3. The lowest BCUT2D eigenvalue weighted by Gasteiger charge is -2.68. The lowest BCUT2D eigenvalue weighted by atomic mass is 9.35. The Morgan fingerprint density at radius 3 is 2.44 bits per heavy atom. The molecule has 102 valence electrons. The monoisotopic (exact) mass is 254 g/mol. The van der Waals surface area contributed by atoms with E-state index in [2.05, 4.69) is 0 Å². The second-order valence-corrected chi connectivity index (χ2v) is 7.23. The number of Topliss-reactive ketones (excluding diaryl/α,β-unsaturated/α-hetero) is 1. The van der Waals surface area contributed by atoms with Crippen LogP contribution >= 0.6 is 0 Å². The largest absolute Gasteiger partial charge is 0.392 e. The van der Waals surface area contributed by atoms with Crippen LogP contribution in [-0.4, -0.2) is 28.2 Å². The number of rotatable bonds is 0. The van der Waals surface area contributed by atoms with Gasteiger partial charge in [0.05, 0.1) is 12.2 Å². The smallest absolute Gasteiger partial charge is 0.137 e. The normalized spacial score (nSPS) is 67.6. The van der Waals surface area contributed by atoms with Gasteiger partial charge in [0.25, 0.3) is 0 Å². The van der Waals surface area contributed by atoms with Crippen LogP contribution in [0.25, 0.3) is 0 Å². The average Bonchev–Trinajstić information content (AvgIpc) is 2.39. The van der Waals surface area contributed by atoms with Crippen molar-refractivity contribution in [2.45, 2.75) is 52.7 Å². The number of aliphatic hydroxyl groups is 2. The highest BCUT2D eigenvalue weighted by molar-refractivity contribution is 5.86.